The minimum absolute atomic E-state index is 0.212. The third-order valence-corrected chi connectivity index (χ3v) is 3.76. The Hall–Kier alpha value is -1.87. The van der Waals surface area contributed by atoms with E-state index in [-0.39, 0.29) is 11.2 Å². The molecule has 4 heteroatoms. The van der Waals surface area contributed by atoms with Gasteiger partial charge in [0.15, 0.2) is 0 Å². The molecule has 0 bridgehead atoms. The molecule has 0 N–H and O–H groups in total. The molecule has 0 aliphatic heterocycles. The van der Waals surface area contributed by atoms with Crippen molar-refractivity contribution in [3.05, 3.63) is 65.7 Å². The predicted molar refractivity (Wildman–Crippen MR) is 84.1 cm³/mol. The van der Waals surface area contributed by atoms with Crippen molar-refractivity contribution in [3.8, 4) is 0 Å². The quantitative estimate of drug-likeness (QED) is 0.638. The lowest BCUT2D eigenvalue weighted by molar-refractivity contribution is 0.625. The van der Waals surface area contributed by atoms with E-state index in [9.17, 15) is 4.39 Å². The summed E-state index contributed by atoms with van der Waals surface area (Å²) >= 11 is 6.22. The van der Waals surface area contributed by atoms with E-state index in [4.69, 9.17) is 11.6 Å². The number of halogens is 2. The maximum atomic E-state index is 13.5. The van der Waals surface area contributed by atoms with Crippen LogP contribution in [0, 0.1) is 5.82 Å². The van der Waals surface area contributed by atoms with E-state index in [1.165, 1.54) is 17.7 Å². The Morgan fingerprint density at radius 3 is 2.67 bits per heavy atom. The summed E-state index contributed by atoms with van der Waals surface area (Å²) in [5, 5.41) is -0.212. The Balaban J connectivity index is 1.98. The number of hydrogen-bond acceptors (Lipinski definition) is 1. The van der Waals surface area contributed by atoms with Gasteiger partial charge in [0.2, 0.25) is 0 Å². The van der Waals surface area contributed by atoms with E-state index in [2.05, 4.69) is 17.1 Å². The van der Waals surface area contributed by atoms with Gasteiger partial charge in [-0.25, -0.2) is 9.37 Å². The summed E-state index contributed by atoms with van der Waals surface area (Å²) in [6, 6.07) is 14.9. The summed E-state index contributed by atoms with van der Waals surface area (Å²) in [6.45, 7) is 2.62. The molecule has 1 unspecified atom stereocenters. The first-order valence-electron chi connectivity index (χ1n) is 6.99. The minimum atomic E-state index is -0.253. The van der Waals surface area contributed by atoms with Crippen molar-refractivity contribution in [2.24, 2.45) is 0 Å². The van der Waals surface area contributed by atoms with Crippen LogP contribution >= 0.6 is 11.6 Å². The molecule has 0 aliphatic carbocycles. The van der Waals surface area contributed by atoms with Gasteiger partial charge in [0, 0.05) is 6.54 Å². The summed E-state index contributed by atoms with van der Waals surface area (Å²) in [5.74, 6) is 0.533. The number of aromatic nitrogens is 2. The average molecular weight is 303 g/mol. The van der Waals surface area contributed by atoms with Crippen molar-refractivity contribution in [3.63, 3.8) is 0 Å². The van der Waals surface area contributed by atoms with Crippen LogP contribution in [-0.4, -0.2) is 9.55 Å². The fourth-order valence-electron chi connectivity index (χ4n) is 2.54. The first kappa shape index (κ1) is 14.1. The van der Waals surface area contributed by atoms with E-state index in [1.807, 2.05) is 29.7 Å². The fraction of sp³-hybridized carbons (Fsp3) is 0.235. The highest BCUT2D eigenvalue weighted by Gasteiger charge is 2.15. The first-order chi connectivity index (χ1) is 10.1. The molecule has 3 rings (SSSR count). The molecular weight excluding hydrogens is 287 g/mol. The molecular formula is C17H16ClFN2. The summed E-state index contributed by atoms with van der Waals surface area (Å²) in [6.07, 6.45) is 0.861. The van der Waals surface area contributed by atoms with Gasteiger partial charge in [-0.2, -0.15) is 0 Å². The Morgan fingerprint density at radius 1 is 1.19 bits per heavy atom. The Morgan fingerprint density at radius 2 is 1.95 bits per heavy atom. The van der Waals surface area contributed by atoms with Crippen LogP contribution in [0.1, 0.15) is 23.7 Å². The molecule has 2 aromatic carbocycles. The van der Waals surface area contributed by atoms with Crippen molar-refractivity contribution in [1.82, 2.24) is 9.55 Å². The summed E-state index contributed by atoms with van der Waals surface area (Å²) < 4.78 is 15.5. The molecule has 3 aromatic rings. The molecule has 108 valence electrons. The molecule has 2 nitrogen and oxygen atoms in total. The predicted octanol–water partition coefficient (Wildman–Crippen LogP) is 4.72. The largest absolute Gasteiger partial charge is 0.326 e. The maximum absolute atomic E-state index is 13.5. The van der Waals surface area contributed by atoms with Gasteiger partial charge in [0.05, 0.1) is 16.4 Å². The molecule has 0 spiro atoms. The number of benzene rings is 2. The Labute approximate surface area is 128 Å². The Bertz CT molecular complexity index is 750. The second kappa shape index (κ2) is 5.86. The van der Waals surface area contributed by atoms with Gasteiger partial charge in [-0.1, -0.05) is 30.3 Å². The van der Waals surface area contributed by atoms with Gasteiger partial charge in [0.25, 0.3) is 0 Å². The van der Waals surface area contributed by atoms with Gasteiger partial charge < -0.3 is 4.57 Å². The van der Waals surface area contributed by atoms with Crippen LogP contribution < -0.4 is 0 Å². The highest BCUT2D eigenvalue weighted by molar-refractivity contribution is 6.20. The molecule has 0 amide bonds. The van der Waals surface area contributed by atoms with Crippen molar-refractivity contribution >= 4 is 22.6 Å². The number of hydrogen-bond donors (Lipinski definition) is 0. The lowest BCUT2D eigenvalue weighted by Crippen LogP contribution is -2.07. The number of rotatable bonds is 4. The third-order valence-electron chi connectivity index (χ3n) is 3.56. The maximum Gasteiger partial charge on any atom is 0.127 e. The van der Waals surface area contributed by atoms with Gasteiger partial charge in [0.1, 0.15) is 11.6 Å². The molecule has 0 saturated carbocycles. The van der Waals surface area contributed by atoms with Gasteiger partial charge in [-0.3, -0.25) is 0 Å². The molecule has 1 atom stereocenters. The second-order valence-electron chi connectivity index (χ2n) is 5.11. The van der Waals surface area contributed by atoms with Gasteiger partial charge >= 0.3 is 0 Å². The van der Waals surface area contributed by atoms with Crippen molar-refractivity contribution in [2.75, 3.05) is 0 Å². The SMILES string of the molecule is CC(Cl)c1nc2ccc(F)cc2n1CCc1ccccc1. The van der Waals surface area contributed by atoms with Crippen molar-refractivity contribution in [1.29, 1.82) is 0 Å². The Kier molecular flexibility index (Phi) is 3.93. The van der Waals surface area contributed by atoms with Crippen LogP contribution in [0.3, 0.4) is 0 Å². The molecule has 1 aromatic heterocycles. The number of imidazole rings is 1. The number of fused-ring (bicyclic) bond motifs is 1. The summed E-state index contributed by atoms with van der Waals surface area (Å²) in [5.41, 5.74) is 2.82. The monoisotopic (exact) mass is 302 g/mol. The molecule has 1 heterocycles. The minimum Gasteiger partial charge on any atom is -0.326 e. The number of aryl methyl sites for hydroxylation is 2. The number of alkyl halides is 1. The van der Waals surface area contributed by atoms with Gasteiger partial charge in [-0.05, 0) is 37.1 Å². The average Bonchev–Trinajstić information content (AvgIpc) is 2.84. The van der Waals surface area contributed by atoms with E-state index in [0.29, 0.717) is 0 Å². The fourth-order valence-corrected chi connectivity index (χ4v) is 2.71. The van der Waals surface area contributed by atoms with Crippen LogP contribution in [0.25, 0.3) is 11.0 Å². The third kappa shape index (κ3) is 2.93. The van der Waals surface area contributed by atoms with Crippen molar-refractivity contribution < 1.29 is 4.39 Å². The zero-order valence-corrected chi connectivity index (χ0v) is 12.5. The topological polar surface area (TPSA) is 17.8 Å². The van der Waals surface area contributed by atoms with E-state index in [1.54, 1.807) is 6.07 Å². The standard InChI is InChI=1S/C17H16ClFN2/c1-12(18)17-20-15-8-7-14(19)11-16(15)21(17)10-9-13-5-3-2-4-6-13/h2-8,11-12H,9-10H2,1H3. The zero-order chi connectivity index (χ0) is 14.8. The first-order valence-corrected chi connectivity index (χ1v) is 7.42. The van der Waals surface area contributed by atoms with E-state index in [0.717, 1.165) is 29.8 Å². The molecule has 0 radical (unpaired) electrons. The zero-order valence-electron chi connectivity index (χ0n) is 11.8. The molecule has 0 saturated heterocycles. The normalized spacial score (nSPS) is 12.7. The number of nitrogens with zero attached hydrogens (tertiary/aromatic N) is 2. The van der Waals surface area contributed by atoms with Crippen LogP contribution in [0.2, 0.25) is 0 Å². The summed E-state index contributed by atoms with van der Waals surface area (Å²) in [7, 11) is 0. The second-order valence-corrected chi connectivity index (χ2v) is 5.76. The lowest BCUT2D eigenvalue weighted by Gasteiger charge is -2.10. The highest BCUT2D eigenvalue weighted by Crippen LogP contribution is 2.25. The van der Waals surface area contributed by atoms with Crippen molar-refractivity contribution in [2.45, 2.75) is 25.3 Å². The van der Waals surface area contributed by atoms with Crippen LogP contribution in [0.4, 0.5) is 4.39 Å². The summed E-state index contributed by atoms with van der Waals surface area (Å²) in [4.78, 5) is 4.53. The van der Waals surface area contributed by atoms with Crippen LogP contribution in [0.15, 0.2) is 48.5 Å². The molecule has 0 aliphatic rings. The van der Waals surface area contributed by atoms with Crippen LogP contribution in [0.5, 0.6) is 0 Å². The van der Waals surface area contributed by atoms with E-state index < -0.39 is 0 Å². The lowest BCUT2D eigenvalue weighted by atomic mass is 10.1. The van der Waals surface area contributed by atoms with E-state index >= 15 is 0 Å². The smallest absolute Gasteiger partial charge is 0.127 e. The molecule has 21 heavy (non-hydrogen) atoms. The van der Waals surface area contributed by atoms with Gasteiger partial charge in [-0.15, -0.1) is 11.6 Å². The van der Waals surface area contributed by atoms with Crippen LogP contribution in [-0.2, 0) is 13.0 Å². The molecule has 0 fully saturated rings. The highest BCUT2D eigenvalue weighted by atomic mass is 35.5.